The fraction of sp³-hybridized carbons (Fsp3) is 0.667. The molecule has 2 saturated heterocycles. The first-order valence-corrected chi connectivity index (χ1v) is 8.27. The zero-order valence-electron chi connectivity index (χ0n) is 12.4. The highest BCUT2D eigenvalue weighted by Crippen LogP contribution is 2.22. The Balaban J connectivity index is 1.60. The lowest BCUT2D eigenvalue weighted by atomic mass is 10.0. The molecule has 3 heterocycles. The monoisotopic (exact) mass is 305 g/mol. The van der Waals surface area contributed by atoms with E-state index in [0.29, 0.717) is 10.7 Å². The number of aromatic nitrogens is 2. The lowest BCUT2D eigenvalue weighted by Gasteiger charge is -2.40. The van der Waals surface area contributed by atoms with Gasteiger partial charge in [-0.1, -0.05) is 18.6 Å². The van der Waals surface area contributed by atoms with Crippen molar-refractivity contribution in [1.29, 1.82) is 0 Å². The predicted octanol–water partition coefficient (Wildman–Crippen LogP) is 1.57. The van der Waals surface area contributed by atoms with Crippen LogP contribution in [0.15, 0.2) is 12.3 Å². The number of hydrogen-bond donors (Lipinski definition) is 1. The van der Waals surface area contributed by atoms with E-state index in [2.05, 4.69) is 19.8 Å². The fourth-order valence-corrected chi connectivity index (χ4v) is 3.47. The molecule has 3 rings (SSSR count). The molecule has 2 aliphatic rings. The number of rotatable bonds is 3. The Kier molecular flexibility index (Phi) is 4.65. The third-order valence-electron chi connectivity index (χ3n) is 4.55. The minimum atomic E-state index is 0.335. The summed E-state index contributed by atoms with van der Waals surface area (Å²) in [5.41, 5.74) is 6.31. The van der Waals surface area contributed by atoms with Crippen molar-refractivity contribution in [1.82, 2.24) is 14.9 Å². The average Bonchev–Trinajstić information content (AvgIpc) is 2.56. The molecule has 5 nitrogen and oxygen atoms in total. The molecule has 0 spiro atoms. The van der Waals surface area contributed by atoms with Gasteiger partial charge in [0.1, 0.15) is 10.7 Å². The topological polar surface area (TPSA) is 58.3 Å². The molecule has 0 amide bonds. The largest absolute Gasteiger partial charge is 0.388 e. The summed E-state index contributed by atoms with van der Waals surface area (Å²) in [5, 5.41) is 0. The summed E-state index contributed by atoms with van der Waals surface area (Å²) in [5.74, 6) is 0.761. The SMILES string of the molecule is NC(=S)c1ccnc(N2CCC(N3CCCCC3)CC2)n1. The van der Waals surface area contributed by atoms with E-state index in [1.165, 1.54) is 45.2 Å². The van der Waals surface area contributed by atoms with Gasteiger partial charge in [0.15, 0.2) is 0 Å². The van der Waals surface area contributed by atoms with Gasteiger partial charge in [-0.25, -0.2) is 9.97 Å². The highest BCUT2D eigenvalue weighted by Gasteiger charge is 2.26. The molecule has 0 aromatic carbocycles. The van der Waals surface area contributed by atoms with E-state index in [0.717, 1.165) is 25.1 Å². The van der Waals surface area contributed by atoms with E-state index in [-0.39, 0.29) is 0 Å². The van der Waals surface area contributed by atoms with Crippen LogP contribution in [-0.2, 0) is 0 Å². The molecular weight excluding hydrogens is 282 g/mol. The Labute approximate surface area is 131 Å². The second-order valence-corrected chi connectivity index (χ2v) is 6.36. The predicted molar refractivity (Wildman–Crippen MR) is 88.6 cm³/mol. The summed E-state index contributed by atoms with van der Waals surface area (Å²) in [7, 11) is 0. The van der Waals surface area contributed by atoms with Crippen LogP contribution in [0.1, 0.15) is 37.8 Å². The van der Waals surface area contributed by atoms with Gasteiger partial charge in [0.05, 0.1) is 0 Å². The molecule has 2 aliphatic heterocycles. The van der Waals surface area contributed by atoms with Crippen LogP contribution in [-0.4, -0.2) is 52.1 Å². The van der Waals surface area contributed by atoms with Gasteiger partial charge in [0, 0.05) is 25.3 Å². The number of thiocarbonyl (C=S) groups is 1. The van der Waals surface area contributed by atoms with E-state index in [9.17, 15) is 0 Å². The second kappa shape index (κ2) is 6.66. The molecule has 114 valence electrons. The maximum Gasteiger partial charge on any atom is 0.225 e. The number of likely N-dealkylation sites (tertiary alicyclic amines) is 1. The average molecular weight is 305 g/mol. The smallest absolute Gasteiger partial charge is 0.225 e. The van der Waals surface area contributed by atoms with Crippen LogP contribution < -0.4 is 10.6 Å². The molecule has 0 saturated carbocycles. The van der Waals surface area contributed by atoms with E-state index in [1.807, 2.05) is 0 Å². The van der Waals surface area contributed by atoms with Crippen LogP contribution in [0.3, 0.4) is 0 Å². The van der Waals surface area contributed by atoms with Crippen molar-refractivity contribution in [2.75, 3.05) is 31.1 Å². The highest BCUT2D eigenvalue weighted by atomic mass is 32.1. The maximum absolute atomic E-state index is 5.65. The van der Waals surface area contributed by atoms with E-state index >= 15 is 0 Å². The summed E-state index contributed by atoms with van der Waals surface area (Å²) in [6.45, 7) is 4.58. The molecule has 6 heteroatoms. The third-order valence-corrected chi connectivity index (χ3v) is 4.76. The first-order valence-electron chi connectivity index (χ1n) is 7.86. The van der Waals surface area contributed by atoms with Gasteiger partial charge in [-0.15, -0.1) is 0 Å². The van der Waals surface area contributed by atoms with Gasteiger partial charge in [0.2, 0.25) is 5.95 Å². The number of hydrogen-bond acceptors (Lipinski definition) is 5. The first kappa shape index (κ1) is 14.7. The van der Waals surface area contributed by atoms with Gasteiger partial charge in [-0.05, 0) is 44.8 Å². The second-order valence-electron chi connectivity index (χ2n) is 5.92. The van der Waals surface area contributed by atoms with Crippen molar-refractivity contribution >= 4 is 23.2 Å². The summed E-state index contributed by atoms with van der Waals surface area (Å²) >= 11 is 4.99. The van der Waals surface area contributed by atoms with Crippen LogP contribution in [0.2, 0.25) is 0 Å². The lowest BCUT2D eigenvalue weighted by Crippen LogP contribution is -2.47. The number of nitrogens with zero attached hydrogens (tertiary/aromatic N) is 4. The van der Waals surface area contributed by atoms with Crippen LogP contribution in [0, 0.1) is 0 Å². The Morgan fingerprint density at radius 2 is 1.86 bits per heavy atom. The number of nitrogens with two attached hydrogens (primary N) is 1. The Hall–Kier alpha value is -1.27. The van der Waals surface area contributed by atoms with Gasteiger partial charge in [-0.2, -0.15) is 0 Å². The fourth-order valence-electron chi connectivity index (χ4n) is 3.35. The summed E-state index contributed by atoms with van der Waals surface area (Å²) in [4.78, 5) is 14.1. The van der Waals surface area contributed by atoms with Crippen molar-refractivity contribution < 1.29 is 0 Å². The molecular formula is C15H23N5S. The molecule has 21 heavy (non-hydrogen) atoms. The Bertz CT molecular complexity index is 493. The highest BCUT2D eigenvalue weighted by molar-refractivity contribution is 7.80. The van der Waals surface area contributed by atoms with E-state index in [1.54, 1.807) is 12.3 Å². The van der Waals surface area contributed by atoms with Gasteiger partial charge < -0.3 is 15.5 Å². The molecule has 2 N–H and O–H groups in total. The summed E-state index contributed by atoms with van der Waals surface area (Å²) in [6, 6.07) is 2.51. The molecule has 1 aromatic rings. The minimum Gasteiger partial charge on any atom is -0.388 e. The van der Waals surface area contributed by atoms with Gasteiger partial charge in [-0.3, -0.25) is 0 Å². The van der Waals surface area contributed by atoms with E-state index in [4.69, 9.17) is 18.0 Å². The summed E-state index contributed by atoms with van der Waals surface area (Å²) in [6.07, 6.45) is 8.25. The van der Waals surface area contributed by atoms with Crippen LogP contribution >= 0.6 is 12.2 Å². The Morgan fingerprint density at radius 3 is 2.52 bits per heavy atom. The zero-order chi connectivity index (χ0) is 14.7. The maximum atomic E-state index is 5.65. The van der Waals surface area contributed by atoms with Crippen molar-refractivity contribution in [2.45, 2.75) is 38.1 Å². The molecule has 0 aliphatic carbocycles. The molecule has 2 fully saturated rings. The van der Waals surface area contributed by atoms with Crippen LogP contribution in [0.4, 0.5) is 5.95 Å². The first-order chi connectivity index (χ1) is 10.2. The zero-order valence-corrected chi connectivity index (χ0v) is 13.2. The minimum absolute atomic E-state index is 0.335. The normalized spacial score (nSPS) is 21.4. The Morgan fingerprint density at radius 1 is 1.14 bits per heavy atom. The van der Waals surface area contributed by atoms with Crippen molar-refractivity contribution in [3.8, 4) is 0 Å². The lowest BCUT2D eigenvalue weighted by molar-refractivity contribution is 0.141. The summed E-state index contributed by atoms with van der Waals surface area (Å²) < 4.78 is 0. The van der Waals surface area contributed by atoms with Gasteiger partial charge in [0.25, 0.3) is 0 Å². The van der Waals surface area contributed by atoms with E-state index < -0.39 is 0 Å². The van der Waals surface area contributed by atoms with Crippen molar-refractivity contribution in [3.63, 3.8) is 0 Å². The molecule has 0 bridgehead atoms. The van der Waals surface area contributed by atoms with Crippen LogP contribution in [0.25, 0.3) is 0 Å². The number of piperidine rings is 2. The molecule has 0 atom stereocenters. The van der Waals surface area contributed by atoms with Crippen molar-refractivity contribution in [3.05, 3.63) is 18.0 Å². The van der Waals surface area contributed by atoms with Crippen LogP contribution in [0.5, 0.6) is 0 Å². The van der Waals surface area contributed by atoms with Gasteiger partial charge >= 0.3 is 0 Å². The van der Waals surface area contributed by atoms with Crippen molar-refractivity contribution in [2.24, 2.45) is 5.73 Å². The standard InChI is InChI=1S/C15H23N5S/c16-14(21)13-4-7-17-15(18-13)20-10-5-12(6-11-20)19-8-2-1-3-9-19/h4,7,12H,1-3,5-6,8-11H2,(H2,16,21). The quantitative estimate of drug-likeness (QED) is 0.855. The molecule has 0 unspecified atom stereocenters. The number of anilines is 1. The molecule has 0 radical (unpaired) electrons. The third kappa shape index (κ3) is 3.49. The molecule has 1 aromatic heterocycles.